The largest absolute Gasteiger partial charge is 0.303 e. The highest BCUT2D eigenvalue weighted by molar-refractivity contribution is 5.53. The maximum atomic E-state index is 10.2. The van der Waals surface area contributed by atoms with Crippen LogP contribution in [0.2, 0.25) is 0 Å². The maximum Gasteiger partial charge on any atom is 0.123 e. The minimum absolute atomic E-state index is 0.394. The summed E-state index contributed by atoms with van der Waals surface area (Å²) in [5.74, 6) is 1.19. The number of aldehydes is 1. The fourth-order valence-corrected chi connectivity index (χ4v) is 1.37. The summed E-state index contributed by atoms with van der Waals surface area (Å²) in [5.41, 5.74) is 0. The van der Waals surface area contributed by atoms with E-state index >= 15 is 0 Å². The van der Waals surface area contributed by atoms with E-state index in [-0.39, 0.29) is 0 Å². The average molecular weight is 112 g/mol. The molecule has 0 aromatic heterocycles. The third-order valence-electron chi connectivity index (χ3n) is 1.93. The van der Waals surface area contributed by atoms with E-state index in [1.54, 1.807) is 0 Å². The molecule has 1 saturated carbocycles. The fraction of sp³-hybridized carbons (Fsp3) is 0.857. The lowest BCUT2D eigenvalue weighted by Gasteiger charge is -1.95. The van der Waals surface area contributed by atoms with Crippen LogP contribution in [0, 0.1) is 11.8 Å². The maximum absolute atomic E-state index is 10.2. The number of hydrogen-bond donors (Lipinski definition) is 0. The zero-order valence-corrected chi connectivity index (χ0v) is 5.26. The van der Waals surface area contributed by atoms with Gasteiger partial charge in [0.05, 0.1) is 0 Å². The predicted molar refractivity (Wildman–Crippen MR) is 32.6 cm³/mol. The highest BCUT2D eigenvalue weighted by Gasteiger charge is 2.19. The molecule has 8 heavy (non-hydrogen) atoms. The molecule has 0 radical (unpaired) electrons. The molecule has 0 aromatic rings. The molecule has 0 heterocycles. The Labute approximate surface area is 50.1 Å². The van der Waals surface area contributed by atoms with E-state index < -0.39 is 0 Å². The number of hydrogen-bond acceptors (Lipinski definition) is 1. The van der Waals surface area contributed by atoms with Crippen molar-refractivity contribution in [2.45, 2.75) is 26.2 Å². The lowest BCUT2D eigenvalue weighted by molar-refractivity contribution is -0.110. The Hall–Kier alpha value is -0.330. The highest BCUT2D eigenvalue weighted by Crippen LogP contribution is 2.28. The summed E-state index contributed by atoms with van der Waals surface area (Å²) in [7, 11) is 0. The van der Waals surface area contributed by atoms with Gasteiger partial charge in [0.15, 0.2) is 0 Å². The number of carbonyl (C=O) groups excluding carboxylic acids is 1. The molecule has 1 nitrogen and oxygen atoms in total. The summed E-state index contributed by atoms with van der Waals surface area (Å²) in [6.45, 7) is 2.21. The van der Waals surface area contributed by atoms with Crippen molar-refractivity contribution in [1.29, 1.82) is 0 Å². The highest BCUT2D eigenvalue weighted by atomic mass is 16.1. The zero-order valence-electron chi connectivity index (χ0n) is 5.26. The smallest absolute Gasteiger partial charge is 0.123 e. The second kappa shape index (κ2) is 2.29. The first kappa shape index (κ1) is 5.80. The molecule has 1 aliphatic carbocycles. The van der Waals surface area contributed by atoms with Gasteiger partial charge in [-0.2, -0.15) is 0 Å². The quantitative estimate of drug-likeness (QED) is 0.471. The first-order valence-electron chi connectivity index (χ1n) is 3.28. The average Bonchev–Trinajstić information content (AvgIpc) is 2.14. The van der Waals surface area contributed by atoms with E-state index in [1.807, 2.05) is 0 Å². The minimum atomic E-state index is 0.394. The molecule has 0 bridgehead atoms. The van der Waals surface area contributed by atoms with Gasteiger partial charge in [0.1, 0.15) is 6.29 Å². The van der Waals surface area contributed by atoms with E-state index in [4.69, 9.17) is 0 Å². The topological polar surface area (TPSA) is 17.1 Å². The Morgan fingerprint density at radius 1 is 1.50 bits per heavy atom. The molecule has 0 N–H and O–H groups in total. The van der Waals surface area contributed by atoms with Gasteiger partial charge in [0.25, 0.3) is 0 Å². The van der Waals surface area contributed by atoms with Gasteiger partial charge in [-0.15, -0.1) is 0 Å². The van der Waals surface area contributed by atoms with E-state index in [1.165, 1.54) is 6.42 Å². The molecule has 2 unspecified atom stereocenters. The van der Waals surface area contributed by atoms with Crippen molar-refractivity contribution in [3.8, 4) is 0 Å². The standard InChI is InChI=1S/C7H12O/c1-6-2-3-7(4-6)5-8/h5-7H,2-4H2,1H3. The predicted octanol–water partition coefficient (Wildman–Crippen LogP) is 1.62. The molecule has 0 saturated heterocycles. The van der Waals surface area contributed by atoms with Crippen molar-refractivity contribution in [2.24, 2.45) is 11.8 Å². The molecule has 1 fully saturated rings. The van der Waals surface area contributed by atoms with Gasteiger partial charge in [0, 0.05) is 5.92 Å². The van der Waals surface area contributed by atoms with Crippen LogP contribution in [-0.4, -0.2) is 6.29 Å². The van der Waals surface area contributed by atoms with Crippen LogP contribution in [-0.2, 0) is 4.79 Å². The van der Waals surface area contributed by atoms with Crippen molar-refractivity contribution in [2.75, 3.05) is 0 Å². The third kappa shape index (κ3) is 1.09. The van der Waals surface area contributed by atoms with Crippen LogP contribution in [0.15, 0.2) is 0 Å². The Morgan fingerprint density at radius 3 is 2.50 bits per heavy atom. The molecule has 2 atom stereocenters. The van der Waals surface area contributed by atoms with Crippen LogP contribution < -0.4 is 0 Å². The van der Waals surface area contributed by atoms with E-state index in [9.17, 15) is 4.79 Å². The van der Waals surface area contributed by atoms with Crippen molar-refractivity contribution in [3.05, 3.63) is 0 Å². The van der Waals surface area contributed by atoms with Gasteiger partial charge in [-0.25, -0.2) is 0 Å². The van der Waals surface area contributed by atoms with Crippen molar-refractivity contribution in [3.63, 3.8) is 0 Å². The Kier molecular flexibility index (Phi) is 1.66. The fourth-order valence-electron chi connectivity index (χ4n) is 1.37. The Bertz CT molecular complexity index is 88.4. The van der Waals surface area contributed by atoms with Crippen LogP contribution in [0.1, 0.15) is 26.2 Å². The molecule has 1 aliphatic rings. The Morgan fingerprint density at radius 2 is 2.25 bits per heavy atom. The van der Waals surface area contributed by atoms with Crippen molar-refractivity contribution in [1.82, 2.24) is 0 Å². The van der Waals surface area contributed by atoms with E-state index in [2.05, 4.69) is 6.92 Å². The van der Waals surface area contributed by atoms with Crippen LogP contribution >= 0.6 is 0 Å². The van der Waals surface area contributed by atoms with Crippen LogP contribution in [0.3, 0.4) is 0 Å². The molecule has 0 spiro atoms. The molecule has 46 valence electrons. The summed E-state index contributed by atoms with van der Waals surface area (Å²) in [6, 6.07) is 0. The Balaban J connectivity index is 2.32. The van der Waals surface area contributed by atoms with Crippen LogP contribution in [0.4, 0.5) is 0 Å². The van der Waals surface area contributed by atoms with Gasteiger partial charge in [-0.3, -0.25) is 0 Å². The third-order valence-corrected chi connectivity index (χ3v) is 1.93. The van der Waals surface area contributed by atoms with Crippen LogP contribution in [0.5, 0.6) is 0 Å². The zero-order chi connectivity index (χ0) is 5.98. The van der Waals surface area contributed by atoms with Gasteiger partial charge >= 0.3 is 0 Å². The summed E-state index contributed by atoms with van der Waals surface area (Å²) < 4.78 is 0. The van der Waals surface area contributed by atoms with Crippen molar-refractivity contribution >= 4 is 6.29 Å². The second-order valence-corrected chi connectivity index (χ2v) is 2.81. The number of carbonyl (C=O) groups is 1. The van der Waals surface area contributed by atoms with E-state index in [0.29, 0.717) is 5.92 Å². The SMILES string of the molecule is CC1CCC(C=O)C1. The second-order valence-electron chi connectivity index (χ2n) is 2.81. The summed E-state index contributed by atoms with van der Waals surface area (Å²) in [6.07, 6.45) is 4.61. The van der Waals surface area contributed by atoms with Gasteiger partial charge < -0.3 is 4.79 Å². The molecule has 0 amide bonds. The molecular formula is C7H12O. The molecular weight excluding hydrogens is 100 g/mol. The first-order chi connectivity index (χ1) is 3.83. The molecule has 0 aromatic carbocycles. The van der Waals surface area contributed by atoms with E-state index in [0.717, 1.165) is 25.0 Å². The molecule has 0 aliphatic heterocycles. The molecule has 1 rings (SSSR count). The summed E-state index contributed by atoms with van der Waals surface area (Å²) >= 11 is 0. The molecule has 1 heteroatoms. The lowest BCUT2D eigenvalue weighted by Crippen LogP contribution is -1.93. The lowest BCUT2D eigenvalue weighted by atomic mass is 10.1. The number of rotatable bonds is 1. The van der Waals surface area contributed by atoms with Gasteiger partial charge in [-0.1, -0.05) is 13.3 Å². The summed E-state index contributed by atoms with van der Waals surface area (Å²) in [4.78, 5) is 10.2. The van der Waals surface area contributed by atoms with Crippen LogP contribution in [0.25, 0.3) is 0 Å². The minimum Gasteiger partial charge on any atom is -0.303 e. The van der Waals surface area contributed by atoms with Crippen molar-refractivity contribution < 1.29 is 4.79 Å². The normalized spacial score (nSPS) is 37.6. The van der Waals surface area contributed by atoms with Gasteiger partial charge in [0.2, 0.25) is 0 Å². The first-order valence-corrected chi connectivity index (χ1v) is 3.28. The summed E-state index contributed by atoms with van der Waals surface area (Å²) in [5, 5.41) is 0. The monoisotopic (exact) mass is 112 g/mol. The van der Waals surface area contributed by atoms with Gasteiger partial charge in [-0.05, 0) is 18.8 Å².